The number of amides is 1. The molecule has 2 heterocycles. The van der Waals surface area contributed by atoms with E-state index in [-0.39, 0.29) is 11.9 Å². The summed E-state index contributed by atoms with van der Waals surface area (Å²) in [6.07, 6.45) is 0. The molecule has 0 spiro atoms. The van der Waals surface area contributed by atoms with E-state index in [1.54, 1.807) is 0 Å². The standard InChI is InChI=1S/C14H14N2O/c1-3-16-9(2)11-8-10-6-4-5-7-12(10)15-13(11)14(16)17/h4-9H,3H2,1-2H3. The first kappa shape index (κ1) is 10.3. The van der Waals surface area contributed by atoms with Crippen molar-refractivity contribution in [3.8, 4) is 0 Å². The first-order chi connectivity index (χ1) is 8.22. The van der Waals surface area contributed by atoms with Gasteiger partial charge in [0.1, 0.15) is 5.69 Å². The molecule has 1 aliphatic rings. The summed E-state index contributed by atoms with van der Waals surface area (Å²) >= 11 is 0. The Morgan fingerprint density at radius 3 is 2.88 bits per heavy atom. The maximum atomic E-state index is 12.1. The Morgan fingerprint density at radius 1 is 1.35 bits per heavy atom. The third-order valence-corrected chi connectivity index (χ3v) is 3.48. The van der Waals surface area contributed by atoms with E-state index < -0.39 is 0 Å². The normalized spacial score (nSPS) is 18.8. The minimum absolute atomic E-state index is 0.0563. The number of hydrogen-bond acceptors (Lipinski definition) is 2. The Hall–Kier alpha value is -1.90. The Morgan fingerprint density at radius 2 is 2.12 bits per heavy atom. The highest BCUT2D eigenvalue weighted by atomic mass is 16.2. The van der Waals surface area contributed by atoms with Crippen LogP contribution in [0.4, 0.5) is 0 Å². The molecule has 1 atom stereocenters. The second kappa shape index (κ2) is 3.55. The maximum absolute atomic E-state index is 12.1. The molecule has 1 aromatic carbocycles. The Labute approximate surface area is 100 Å². The summed E-state index contributed by atoms with van der Waals surface area (Å²) in [4.78, 5) is 18.5. The van der Waals surface area contributed by atoms with Gasteiger partial charge in [0.05, 0.1) is 11.6 Å². The van der Waals surface area contributed by atoms with Crippen LogP contribution >= 0.6 is 0 Å². The van der Waals surface area contributed by atoms with Crippen molar-refractivity contribution in [3.05, 3.63) is 41.6 Å². The van der Waals surface area contributed by atoms with Gasteiger partial charge in [0.25, 0.3) is 5.91 Å². The molecule has 0 fully saturated rings. The molecule has 3 nitrogen and oxygen atoms in total. The summed E-state index contributed by atoms with van der Waals surface area (Å²) in [7, 11) is 0. The van der Waals surface area contributed by atoms with Crippen LogP contribution < -0.4 is 0 Å². The Bertz CT molecular complexity index is 606. The largest absolute Gasteiger partial charge is 0.331 e. The molecule has 0 bridgehead atoms. The summed E-state index contributed by atoms with van der Waals surface area (Å²) in [6, 6.07) is 10.2. The Balaban J connectivity index is 2.26. The smallest absolute Gasteiger partial charge is 0.273 e. The predicted molar refractivity (Wildman–Crippen MR) is 66.9 cm³/mol. The van der Waals surface area contributed by atoms with Crippen LogP contribution in [0.25, 0.3) is 10.9 Å². The highest BCUT2D eigenvalue weighted by molar-refractivity contribution is 5.99. The van der Waals surface area contributed by atoms with Crippen molar-refractivity contribution >= 4 is 16.8 Å². The minimum atomic E-state index is 0.0563. The maximum Gasteiger partial charge on any atom is 0.273 e. The van der Waals surface area contributed by atoms with Crippen LogP contribution in [-0.4, -0.2) is 22.3 Å². The lowest BCUT2D eigenvalue weighted by atomic mass is 10.1. The SMILES string of the molecule is CCN1C(=O)c2nc3ccccc3cc2C1C. The van der Waals surface area contributed by atoms with Crippen molar-refractivity contribution in [1.29, 1.82) is 0 Å². The number of carbonyl (C=O) groups is 1. The summed E-state index contributed by atoms with van der Waals surface area (Å²) in [5.41, 5.74) is 2.57. The first-order valence-electron chi connectivity index (χ1n) is 5.93. The van der Waals surface area contributed by atoms with E-state index in [0.717, 1.165) is 23.0 Å². The molecule has 0 saturated carbocycles. The zero-order valence-corrected chi connectivity index (χ0v) is 9.97. The first-order valence-corrected chi connectivity index (χ1v) is 5.93. The van der Waals surface area contributed by atoms with Gasteiger partial charge in [-0.2, -0.15) is 0 Å². The molecular formula is C14H14N2O. The number of para-hydroxylation sites is 1. The van der Waals surface area contributed by atoms with Crippen LogP contribution in [0, 0.1) is 0 Å². The summed E-state index contributed by atoms with van der Waals surface area (Å²) in [5, 5.41) is 1.10. The monoisotopic (exact) mass is 226 g/mol. The van der Waals surface area contributed by atoms with E-state index in [1.807, 2.05) is 36.1 Å². The number of carbonyl (C=O) groups excluding carboxylic acids is 1. The average Bonchev–Trinajstić information content (AvgIpc) is 2.59. The second-order valence-electron chi connectivity index (χ2n) is 4.39. The lowest BCUT2D eigenvalue weighted by Gasteiger charge is -2.19. The Kier molecular flexibility index (Phi) is 2.15. The van der Waals surface area contributed by atoms with Gasteiger partial charge >= 0.3 is 0 Å². The number of pyridine rings is 1. The van der Waals surface area contributed by atoms with Crippen molar-refractivity contribution in [3.63, 3.8) is 0 Å². The van der Waals surface area contributed by atoms with Crippen LogP contribution in [0.3, 0.4) is 0 Å². The van der Waals surface area contributed by atoms with E-state index in [1.165, 1.54) is 0 Å². The lowest BCUT2D eigenvalue weighted by Crippen LogP contribution is -2.26. The molecule has 1 aromatic heterocycles. The van der Waals surface area contributed by atoms with Gasteiger partial charge < -0.3 is 4.90 Å². The predicted octanol–water partition coefficient (Wildman–Crippen LogP) is 2.77. The molecule has 2 aromatic rings. The highest BCUT2D eigenvalue weighted by Crippen LogP contribution is 2.33. The van der Waals surface area contributed by atoms with Crippen molar-refractivity contribution in [2.24, 2.45) is 0 Å². The van der Waals surface area contributed by atoms with Crippen LogP contribution in [0.5, 0.6) is 0 Å². The van der Waals surface area contributed by atoms with Crippen LogP contribution in [-0.2, 0) is 0 Å². The highest BCUT2D eigenvalue weighted by Gasteiger charge is 2.34. The van der Waals surface area contributed by atoms with Gasteiger partial charge in [0.2, 0.25) is 0 Å². The third kappa shape index (κ3) is 1.35. The van der Waals surface area contributed by atoms with Crippen LogP contribution in [0.1, 0.15) is 35.9 Å². The molecular weight excluding hydrogens is 212 g/mol. The minimum Gasteiger partial charge on any atom is -0.331 e. The van der Waals surface area contributed by atoms with Gasteiger partial charge in [-0.1, -0.05) is 18.2 Å². The number of benzene rings is 1. The zero-order valence-electron chi connectivity index (χ0n) is 9.97. The van der Waals surface area contributed by atoms with Crippen molar-refractivity contribution in [2.45, 2.75) is 19.9 Å². The van der Waals surface area contributed by atoms with Crippen LogP contribution in [0.15, 0.2) is 30.3 Å². The molecule has 17 heavy (non-hydrogen) atoms. The van der Waals surface area contributed by atoms with E-state index in [0.29, 0.717) is 5.69 Å². The molecule has 3 rings (SSSR count). The number of nitrogens with zero attached hydrogens (tertiary/aromatic N) is 2. The second-order valence-corrected chi connectivity index (χ2v) is 4.39. The summed E-state index contributed by atoms with van der Waals surface area (Å²) < 4.78 is 0. The molecule has 86 valence electrons. The van der Waals surface area contributed by atoms with E-state index in [2.05, 4.69) is 18.0 Å². The van der Waals surface area contributed by atoms with Gasteiger partial charge in [-0.15, -0.1) is 0 Å². The third-order valence-electron chi connectivity index (χ3n) is 3.48. The molecule has 3 heteroatoms. The number of hydrogen-bond donors (Lipinski definition) is 0. The molecule has 1 unspecified atom stereocenters. The van der Waals surface area contributed by atoms with Crippen LogP contribution in [0.2, 0.25) is 0 Å². The molecule has 1 amide bonds. The average molecular weight is 226 g/mol. The fourth-order valence-electron chi connectivity index (χ4n) is 2.52. The van der Waals surface area contributed by atoms with Crippen molar-refractivity contribution in [1.82, 2.24) is 9.88 Å². The van der Waals surface area contributed by atoms with Gasteiger partial charge in [0.15, 0.2) is 0 Å². The van der Waals surface area contributed by atoms with E-state index in [9.17, 15) is 4.79 Å². The lowest BCUT2D eigenvalue weighted by molar-refractivity contribution is 0.0744. The summed E-state index contributed by atoms with van der Waals surface area (Å²) in [6.45, 7) is 4.79. The van der Waals surface area contributed by atoms with Gasteiger partial charge in [-0.25, -0.2) is 4.98 Å². The van der Waals surface area contributed by atoms with E-state index >= 15 is 0 Å². The molecule has 0 saturated heterocycles. The number of aromatic nitrogens is 1. The number of rotatable bonds is 1. The molecule has 0 aliphatic carbocycles. The van der Waals surface area contributed by atoms with Crippen molar-refractivity contribution < 1.29 is 4.79 Å². The van der Waals surface area contributed by atoms with Gasteiger partial charge in [-0.3, -0.25) is 4.79 Å². The zero-order chi connectivity index (χ0) is 12.0. The fourth-order valence-corrected chi connectivity index (χ4v) is 2.52. The van der Waals surface area contributed by atoms with E-state index in [4.69, 9.17) is 0 Å². The van der Waals surface area contributed by atoms with Crippen molar-refractivity contribution in [2.75, 3.05) is 6.54 Å². The topological polar surface area (TPSA) is 33.2 Å². The number of fused-ring (bicyclic) bond motifs is 2. The molecule has 0 N–H and O–H groups in total. The van der Waals surface area contributed by atoms with Gasteiger partial charge in [0, 0.05) is 17.5 Å². The fraction of sp³-hybridized carbons (Fsp3) is 0.286. The summed E-state index contributed by atoms with van der Waals surface area (Å²) in [5.74, 6) is 0.0563. The molecule has 0 radical (unpaired) electrons. The quantitative estimate of drug-likeness (QED) is 0.749. The van der Waals surface area contributed by atoms with Gasteiger partial charge in [-0.05, 0) is 26.0 Å². The molecule has 1 aliphatic heterocycles.